The third-order valence-corrected chi connectivity index (χ3v) is 4.94. The molecule has 3 aromatic carbocycles. The second-order valence-corrected chi connectivity index (χ2v) is 6.88. The minimum Gasteiger partial charge on any atom is -0.465 e. The summed E-state index contributed by atoms with van der Waals surface area (Å²) in [5, 5.41) is 3.88. The summed E-state index contributed by atoms with van der Waals surface area (Å²) in [6, 6.07) is 22.2. The molecule has 0 spiro atoms. The van der Waals surface area contributed by atoms with Crippen molar-refractivity contribution in [3.05, 3.63) is 100 Å². The van der Waals surface area contributed by atoms with Crippen LogP contribution in [0.5, 0.6) is 0 Å². The summed E-state index contributed by atoms with van der Waals surface area (Å²) in [5.41, 5.74) is 3.50. The maximum absolute atomic E-state index is 13.4. The van der Waals surface area contributed by atoms with E-state index < -0.39 is 0 Å². The van der Waals surface area contributed by atoms with Gasteiger partial charge in [0.1, 0.15) is 5.82 Å². The number of ether oxygens (including phenoxy) is 1. The van der Waals surface area contributed by atoms with Crippen LogP contribution in [0.25, 0.3) is 16.6 Å². The largest absolute Gasteiger partial charge is 0.465 e. The fraction of sp³-hybridized carbons (Fsp3) is 0.125. The van der Waals surface area contributed by atoms with Gasteiger partial charge in [-0.05, 0) is 48.9 Å². The highest BCUT2D eigenvalue weighted by atomic mass is 16.5. The lowest BCUT2D eigenvalue weighted by Crippen LogP contribution is -2.23. The van der Waals surface area contributed by atoms with Crippen molar-refractivity contribution in [3.63, 3.8) is 0 Å². The van der Waals surface area contributed by atoms with Gasteiger partial charge in [0.15, 0.2) is 0 Å². The Kier molecular flexibility index (Phi) is 5.30. The molecule has 150 valence electrons. The molecule has 0 atom stereocenters. The summed E-state index contributed by atoms with van der Waals surface area (Å²) in [6.07, 6.45) is 0. The van der Waals surface area contributed by atoms with Crippen molar-refractivity contribution in [3.8, 4) is 5.69 Å². The Hall–Kier alpha value is -3.93. The maximum Gasteiger partial charge on any atom is 0.337 e. The molecule has 0 unspecified atom stereocenters. The molecule has 0 aliphatic heterocycles. The van der Waals surface area contributed by atoms with Crippen molar-refractivity contribution in [2.45, 2.75) is 13.5 Å². The predicted molar refractivity (Wildman–Crippen MR) is 117 cm³/mol. The van der Waals surface area contributed by atoms with Crippen LogP contribution in [-0.4, -0.2) is 22.6 Å². The summed E-state index contributed by atoms with van der Waals surface area (Å²) in [5.74, 6) is 0.265. The van der Waals surface area contributed by atoms with Crippen molar-refractivity contribution in [1.82, 2.24) is 9.55 Å². The normalized spacial score (nSPS) is 10.7. The van der Waals surface area contributed by atoms with Gasteiger partial charge in [0.05, 0.1) is 29.3 Å². The van der Waals surface area contributed by atoms with Gasteiger partial charge < -0.3 is 10.1 Å². The fourth-order valence-corrected chi connectivity index (χ4v) is 3.44. The van der Waals surface area contributed by atoms with E-state index >= 15 is 0 Å². The number of methoxy groups -OCH3 is 1. The molecule has 6 heteroatoms. The first-order valence-corrected chi connectivity index (χ1v) is 9.57. The second kappa shape index (κ2) is 8.21. The minimum atomic E-state index is -0.369. The van der Waals surface area contributed by atoms with Gasteiger partial charge in [0.2, 0.25) is 0 Å². The molecule has 0 aliphatic rings. The summed E-state index contributed by atoms with van der Waals surface area (Å²) in [4.78, 5) is 29.6. The maximum atomic E-state index is 13.4. The van der Waals surface area contributed by atoms with Crippen molar-refractivity contribution in [2.75, 3.05) is 12.4 Å². The molecule has 30 heavy (non-hydrogen) atoms. The molecule has 4 aromatic rings. The van der Waals surface area contributed by atoms with Crippen LogP contribution in [0.2, 0.25) is 0 Å². The van der Waals surface area contributed by atoms with Gasteiger partial charge in [0.25, 0.3) is 5.56 Å². The SMILES string of the molecule is COC(=O)c1ccc(CNc2cccc3nc(C)n(-c4ccccc4)c(=O)c23)cc1. The lowest BCUT2D eigenvalue weighted by molar-refractivity contribution is 0.0600. The van der Waals surface area contributed by atoms with Gasteiger partial charge in [-0.1, -0.05) is 36.4 Å². The van der Waals surface area contributed by atoms with E-state index in [9.17, 15) is 9.59 Å². The Morgan fingerprint density at radius 1 is 1.00 bits per heavy atom. The molecule has 0 fully saturated rings. The molecule has 1 heterocycles. The van der Waals surface area contributed by atoms with E-state index in [0.29, 0.717) is 34.5 Å². The van der Waals surface area contributed by atoms with E-state index in [-0.39, 0.29) is 11.5 Å². The van der Waals surface area contributed by atoms with Crippen molar-refractivity contribution >= 4 is 22.6 Å². The molecule has 0 bridgehead atoms. The molecule has 1 aromatic heterocycles. The Morgan fingerprint density at radius 2 is 1.73 bits per heavy atom. The zero-order valence-corrected chi connectivity index (χ0v) is 16.8. The number of hydrogen-bond donors (Lipinski definition) is 1. The highest BCUT2D eigenvalue weighted by molar-refractivity contribution is 5.91. The molecule has 1 N–H and O–H groups in total. The quantitative estimate of drug-likeness (QED) is 0.512. The van der Waals surface area contributed by atoms with E-state index in [2.05, 4.69) is 10.3 Å². The number of aryl methyl sites for hydroxylation is 1. The molecular weight excluding hydrogens is 378 g/mol. The molecule has 0 aliphatic carbocycles. The molecule has 0 saturated heterocycles. The van der Waals surface area contributed by atoms with E-state index in [0.717, 1.165) is 11.3 Å². The Balaban J connectivity index is 1.70. The van der Waals surface area contributed by atoms with E-state index in [1.54, 1.807) is 16.7 Å². The Labute approximate surface area is 173 Å². The summed E-state index contributed by atoms with van der Waals surface area (Å²) < 4.78 is 6.35. The molecule has 0 amide bonds. The van der Waals surface area contributed by atoms with Crippen molar-refractivity contribution < 1.29 is 9.53 Å². The van der Waals surface area contributed by atoms with E-state index in [1.807, 2.05) is 67.6 Å². The number of nitrogens with zero attached hydrogens (tertiary/aromatic N) is 2. The first-order chi connectivity index (χ1) is 14.6. The van der Waals surface area contributed by atoms with E-state index in [1.165, 1.54) is 7.11 Å². The van der Waals surface area contributed by atoms with Gasteiger partial charge in [-0.3, -0.25) is 9.36 Å². The molecule has 0 saturated carbocycles. The Bertz CT molecular complexity index is 1260. The van der Waals surface area contributed by atoms with E-state index in [4.69, 9.17) is 4.74 Å². The number of esters is 1. The molecule has 4 rings (SSSR count). The number of fused-ring (bicyclic) bond motifs is 1. The number of para-hydroxylation sites is 1. The number of benzene rings is 3. The number of carbonyl (C=O) groups excluding carboxylic acids is 1. The summed E-state index contributed by atoms with van der Waals surface area (Å²) in [7, 11) is 1.36. The van der Waals surface area contributed by atoms with Gasteiger partial charge in [-0.15, -0.1) is 0 Å². The lowest BCUT2D eigenvalue weighted by Gasteiger charge is -2.14. The smallest absolute Gasteiger partial charge is 0.337 e. The van der Waals surface area contributed by atoms with Crippen LogP contribution >= 0.6 is 0 Å². The monoisotopic (exact) mass is 399 g/mol. The first kappa shape index (κ1) is 19.4. The Morgan fingerprint density at radius 3 is 2.43 bits per heavy atom. The minimum absolute atomic E-state index is 0.118. The zero-order chi connectivity index (χ0) is 21.1. The van der Waals surface area contributed by atoms with Crippen LogP contribution in [0.4, 0.5) is 5.69 Å². The van der Waals surface area contributed by atoms with Crippen LogP contribution < -0.4 is 10.9 Å². The number of carbonyl (C=O) groups is 1. The standard InChI is InChI=1S/C24H21N3O3/c1-16-26-21-10-6-9-20(22(21)23(28)27(16)19-7-4-3-5-8-19)25-15-17-11-13-18(14-12-17)24(29)30-2/h3-14,25H,15H2,1-2H3. The third-order valence-electron chi connectivity index (χ3n) is 4.94. The van der Waals surface area contributed by atoms with Crippen LogP contribution in [0.15, 0.2) is 77.6 Å². The van der Waals surface area contributed by atoms with Gasteiger partial charge in [0, 0.05) is 12.2 Å². The van der Waals surface area contributed by atoms with Crippen LogP contribution in [0, 0.1) is 6.92 Å². The highest BCUT2D eigenvalue weighted by Crippen LogP contribution is 2.21. The second-order valence-electron chi connectivity index (χ2n) is 6.88. The zero-order valence-electron chi connectivity index (χ0n) is 16.8. The van der Waals surface area contributed by atoms with Crippen LogP contribution in [0.3, 0.4) is 0 Å². The lowest BCUT2D eigenvalue weighted by atomic mass is 10.1. The predicted octanol–water partition coefficient (Wildman–Crippen LogP) is 4.09. The average molecular weight is 399 g/mol. The number of nitrogens with one attached hydrogen (secondary N) is 1. The fourth-order valence-electron chi connectivity index (χ4n) is 3.44. The van der Waals surface area contributed by atoms with Crippen LogP contribution in [0.1, 0.15) is 21.7 Å². The number of anilines is 1. The van der Waals surface area contributed by atoms with Crippen molar-refractivity contribution in [2.24, 2.45) is 0 Å². The molecular formula is C24H21N3O3. The molecule has 6 nitrogen and oxygen atoms in total. The highest BCUT2D eigenvalue weighted by Gasteiger charge is 2.13. The van der Waals surface area contributed by atoms with Gasteiger partial charge in [-0.2, -0.15) is 0 Å². The average Bonchev–Trinajstić information content (AvgIpc) is 2.78. The number of rotatable bonds is 5. The van der Waals surface area contributed by atoms with Gasteiger partial charge >= 0.3 is 5.97 Å². The first-order valence-electron chi connectivity index (χ1n) is 9.57. The van der Waals surface area contributed by atoms with Gasteiger partial charge in [-0.25, -0.2) is 9.78 Å². The number of hydrogen-bond acceptors (Lipinski definition) is 5. The number of aromatic nitrogens is 2. The van der Waals surface area contributed by atoms with Crippen LogP contribution in [-0.2, 0) is 11.3 Å². The summed E-state index contributed by atoms with van der Waals surface area (Å²) in [6.45, 7) is 2.33. The topological polar surface area (TPSA) is 73.2 Å². The summed E-state index contributed by atoms with van der Waals surface area (Å²) >= 11 is 0. The van der Waals surface area contributed by atoms with Crippen molar-refractivity contribution in [1.29, 1.82) is 0 Å². The molecule has 0 radical (unpaired) electrons. The third kappa shape index (κ3) is 3.67.